The minimum atomic E-state index is 0.210. The van der Waals surface area contributed by atoms with Gasteiger partial charge in [-0.1, -0.05) is 63.5 Å². The van der Waals surface area contributed by atoms with Crippen LogP contribution in [0.5, 0.6) is 5.75 Å². The Kier molecular flexibility index (Phi) is 8.80. The van der Waals surface area contributed by atoms with Crippen molar-refractivity contribution in [1.82, 2.24) is 0 Å². The summed E-state index contributed by atoms with van der Waals surface area (Å²) >= 11 is 0. The molecule has 0 amide bonds. The third kappa shape index (κ3) is 6.79. The second-order valence-electron chi connectivity index (χ2n) is 5.85. The molecule has 0 radical (unpaired) electrons. The molecule has 2 nitrogen and oxygen atoms in total. The first kappa shape index (κ1) is 17.7. The summed E-state index contributed by atoms with van der Waals surface area (Å²) in [5.41, 5.74) is 1.84. The highest BCUT2D eigenvalue weighted by atomic mass is 16.5. The highest BCUT2D eigenvalue weighted by Gasteiger charge is 2.11. The van der Waals surface area contributed by atoms with Crippen LogP contribution in [0.2, 0.25) is 0 Å². The standard InChI is InChI=1S/C19H30O2/c1-4-5-6-7-8-9-10-11-12-18(20)17-15-16(2)13-14-19(17)21-3/h13-15H,4-12H2,1-3H3. The Hall–Kier alpha value is -1.31. The van der Waals surface area contributed by atoms with Gasteiger partial charge in [-0.05, 0) is 25.5 Å². The van der Waals surface area contributed by atoms with Gasteiger partial charge in [-0.15, -0.1) is 0 Å². The first-order chi connectivity index (χ1) is 10.2. The molecule has 0 atom stereocenters. The maximum absolute atomic E-state index is 12.3. The lowest BCUT2D eigenvalue weighted by Gasteiger charge is -2.08. The minimum Gasteiger partial charge on any atom is -0.496 e. The van der Waals surface area contributed by atoms with E-state index in [0.29, 0.717) is 12.2 Å². The molecule has 0 N–H and O–H groups in total. The van der Waals surface area contributed by atoms with Crippen LogP contribution in [0.3, 0.4) is 0 Å². The highest BCUT2D eigenvalue weighted by Crippen LogP contribution is 2.22. The van der Waals surface area contributed by atoms with Crippen molar-refractivity contribution in [3.05, 3.63) is 29.3 Å². The van der Waals surface area contributed by atoms with Gasteiger partial charge in [0.1, 0.15) is 5.75 Å². The van der Waals surface area contributed by atoms with E-state index in [-0.39, 0.29) is 5.78 Å². The fourth-order valence-electron chi connectivity index (χ4n) is 2.59. The molecule has 1 aromatic rings. The van der Waals surface area contributed by atoms with Gasteiger partial charge in [0, 0.05) is 6.42 Å². The lowest BCUT2D eigenvalue weighted by Crippen LogP contribution is -2.02. The largest absolute Gasteiger partial charge is 0.496 e. The Balaban J connectivity index is 2.26. The van der Waals surface area contributed by atoms with Crippen molar-refractivity contribution >= 4 is 5.78 Å². The van der Waals surface area contributed by atoms with Gasteiger partial charge in [-0.25, -0.2) is 0 Å². The van der Waals surface area contributed by atoms with Crippen LogP contribution in [-0.4, -0.2) is 12.9 Å². The quantitative estimate of drug-likeness (QED) is 0.385. The summed E-state index contributed by atoms with van der Waals surface area (Å²) in [5, 5.41) is 0. The average Bonchev–Trinajstić information content (AvgIpc) is 2.49. The first-order valence-electron chi connectivity index (χ1n) is 8.37. The van der Waals surface area contributed by atoms with Crippen molar-refractivity contribution in [3.8, 4) is 5.75 Å². The van der Waals surface area contributed by atoms with Crippen molar-refractivity contribution in [2.75, 3.05) is 7.11 Å². The number of hydrogen-bond donors (Lipinski definition) is 0. The van der Waals surface area contributed by atoms with E-state index in [2.05, 4.69) is 6.92 Å². The number of unbranched alkanes of at least 4 members (excludes halogenated alkanes) is 7. The molecule has 0 saturated carbocycles. The molecule has 0 fully saturated rings. The van der Waals surface area contributed by atoms with E-state index >= 15 is 0 Å². The SMILES string of the molecule is CCCCCCCCCCC(=O)c1cc(C)ccc1OC. The normalized spacial score (nSPS) is 10.6. The van der Waals surface area contributed by atoms with Crippen molar-refractivity contribution < 1.29 is 9.53 Å². The number of carbonyl (C=O) groups excluding carboxylic acids is 1. The topological polar surface area (TPSA) is 26.3 Å². The molecular weight excluding hydrogens is 260 g/mol. The zero-order valence-electron chi connectivity index (χ0n) is 13.9. The minimum absolute atomic E-state index is 0.210. The number of methoxy groups -OCH3 is 1. The van der Waals surface area contributed by atoms with Gasteiger partial charge in [-0.3, -0.25) is 4.79 Å². The van der Waals surface area contributed by atoms with Crippen molar-refractivity contribution in [1.29, 1.82) is 0 Å². The predicted octanol–water partition coefficient (Wildman–Crippen LogP) is 5.72. The van der Waals surface area contributed by atoms with E-state index in [1.54, 1.807) is 7.11 Å². The highest BCUT2D eigenvalue weighted by molar-refractivity contribution is 5.98. The Labute approximate surface area is 129 Å². The number of hydrogen-bond acceptors (Lipinski definition) is 2. The third-order valence-corrected chi connectivity index (χ3v) is 3.91. The monoisotopic (exact) mass is 290 g/mol. The van der Waals surface area contributed by atoms with E-state index in [9.17, 15) is 4.79 Å². The van der Waals surface area contributed by atoms with E-state index in [0.717, 1.165) is 24.0 Å². The predicted molar refractivity (Wildman–Crippen MR) is 89.3 cm³/mol. The number of rotatable bonds is 11. The maximum atomic E-state index is 12.3. The van der Waals surface area contributed by atoms with Crippen LogP contribution in [0.25, 0.3) is 0 Å². The van der Waals surface area contributed by atoms with Crippen LogP contribution in [-0.2, 0) is 0 Å². The lowest BCUT2D eigenvalue weighted by molar-refractivity contribution is 0.0976. The van der Waals surface area contributed by atoms with E-state index in [1.165, 1.54) is 38.5 Å². The Bertz CT molecular complexity index is 424. The second-order valence-corrected chi connectivity index (χ2v) is 5.85. The zero-order chi connectivity index (χ0) is 15.5. The van der Waals surface area contributed by atoms with E-state index < -0.39 is 0 Å². The van der Waals surface area contributed by atoms with Gasteiger partial charge in [0.2, 0.25) is 0 Å². The molecule has 0 aliphatic rings. The Morgan fingerprint density at radius 3 is 2.24 bits per heavy atom. The Morgan fingerprint density at radius 1 is 1.00 bits per heavy atom. The molecule has 0 aliphatic heterocycles. The number of Topliss-reactive ketones (excluding diaryl/α,β-unsaturated/α-hetero) is 1. The smallest absolute Gasteiger partial charge is 0.166 e. The molecule has 0 heterocycles. The lowest BCUT2D eigenvalue weighted by atomic mass is 10.0. The van der Waals surface area contributed by atoms with Crippen LogP contribution in [0.15, 0.2) is 18.2 Å². The summed E-state index contributed by atoms with van der Waals surface area (Å²) in [4.78, 5) is 12.3. The third-order valence-electron chi connectivity index (χ3n) is 3.91. The van der Waals surface area contributed by atoms with Crippen LogP contribution < -0.4 is 4.74 Å². The van der Waals surface area contributed by atoms with Gasteiger partial charge in [-0.2, -0.15) is 0 Å². The van der Waals surface area contributed by atoms with Crippen LogP contribution >= 0.6 is 0 Å². The molecule has 21 heavy (non-hydrogen) atoms. The Morgan fingerprint density at radius 2 is 1.62 bits per heavy atom. The fourth-order valence-corrected chi connectivity index (χ4v) is 2.59. The van der Waals surface area contributed by atoms with Crippen LogP contribution in [0.1, 0.15) is 80.6 Å². The number of ketones is 1. The summed E-state index contributed by atoms with van der Waals surface area (Å²) < 4.78 is 5.28. The van der Waals surface area contributed by atoms with Crippen LogP contribution in [0.4, 0.5) is 0 Å². The summed E-state index contributed by atoms with van der Waals surface area (Å²) in [5.74, 6) is 0.909. The molecule has 0 bridgehead atoms. The van der Waals surface area contributed by atoms with Gasteiger partial charge in [0.25, 0.3) is 0 Å². The molecule has 1 rings (SSSR count). The summed E-state index contributed by atoms with van der Waals surface area (Å²) in [7, 11) is 1.62. The summed E-state index contributed by atoms with van der Waals surface area (Å²) in [6, 6.07) is 5.80. The first-order valence-corrected chi connectivity index (χ1v) is 8.37. The van der Waals surface area contributed by atoms with E-state index in [4.69, 9.17) is 4.74 Å². The van der Waals surface area contributed by atoms with Crippen LogP contribution in [0, 0.1) is 6.92 Å². The number of benzene rings is 1. The zero-order valence-corrected chi connectivity index (χ0v) is 13.9. The molecule has 2 heteroatoms. The van der Waals surface area contributed by atoms with Gasteiger partial charge >= 0.3 is 0 Å². The molecular formula is C19H30O2. The molecule has 0 spiro atoms. The number of carbonyl (C=O) groups is 1. The second kappa shape index (κ2) is 10.4. The van der Waals surface area contributed by atoms with Gasteiger partial charge in [0.15, 0.2) is 5.78 Å². The maximum Gasteiger partial charge on any atom is 0.166 e. The number of ether oxygens (including phenoxy) is 1. The van der Waals surface area contributed by atoms with Crippen molar-refractivity contribution in [2.24, 2.45) is 0 Å². The average molecular weight is 290 g/mol. The molecule has 0 aliphatic carbocycles. The molecule has 0 unspecified atom stereocenters. The van der Waals surface area contributed by atoms with Gasteiger partial charge < -0.3 is 4.74 Å². The van der Waals surface area contributed by atoms with E-state index in [1.807, 2.05) is 25.1 Å². The fraction of sp³-hybridized carbons (Fsp3) is 0.632. The molecule has 1 aromatic carbocycles. The molecule has 0 aromatic heterocycles. The van der Waals surface area contributed by atoms with Gasteiger partial charge in [0.05, 0.1) is 12.7 Å². The van der Waals surface area contributed by atoms with Crippen molar-refractivity contribution in [2.45, 2.75) is 71.6 Å². The molecule has 118 valence electrons. The summed E-state index contributed by atoms with van der Waals surface area (Å²) in [6.45, 7) is 4.25. The molecule has 0 saturated heterocycles. The summed E-state index contributed by atoms with van der Waals surface area (Å²) in [6.07, 6.45) is 10.7. The number of aryl methyl sites for hydroxylation is 1. The van der Waals surface area contributed by atoms with Crippen molar-refractivity contribution in [3.63, 3.8) is 0 Å².